The van der Waals surface area contributed by atoms with Crippen LogP contribution in [0.1, 0.15) is 0 Å². The Morgan fingerprint density at radius 2 is 2.00 bits per heavy atom. The van der Waals surface area contributed by atoms with Gasteiger partial charge >= 0.3 is 0 Å². The Bertz CT molecular complexity index is 711. The van der Waals surface area contributed by atoms with Crippen molar-refractivity contribution in [1.82, 2.24) is 9.97 Å². The second-order valence-corrected chi connectivity index (χ2v) is 4.33. The van der Waals surface area contributed by atoms with Gasteiger partial charge in [-0.25, -0.2) is 0 Å². The van der Waals surface area contributed by atoms with E-state index < -0.39 is 0 Å². The number of hydrogen-bond acceptors (Lipinski definition) is 1. The van der Waals surface area contributed by atoms with E-state index in [0.717, 1.165) is 20.8 Å². The van der Waals surface area contributed by atoms with Crippen LogP contribution >= 0.6 is 15.9 Å². The van der Waals surface area contributed by atoms with Crippen LogP contribution in [0.4, 0.5) is 0 Å². The van der Waals surface area contributed by atoms with Gasteiger partial charge in [0.2, 0.25) is 0 Å². The summed E-state index contributed by atoms with van der Waals surface area (Å²) in [4.78, 5) is 17.3. The van der Waals surface area contributed by atoms with E-state index in [1.54, 1.807) is 6.20 Å². The van der Waals surface area contributed by atoms with Crippen LogP contribution in [0.3, 0.4) is 0 Å². The van der Waals surface area contributed by atoms with E-state index in [4.69, 9.17) is 0 Å². The molecule has 0 aliphatic rings. The maximum absolute atomic E-state index is 11.5. The highest BCUT2D eigenvalue weighted by molar-refractivity contribution is 9.10. The molecule has 2 N–H and O–H groups in total. The van der Waals surface area contributed by atoms with Gasteiger partial charge in [-0.2, -0.15) is 0 Å². The molecule has 0 saturated carbocycles. The van der Waals surface area contributed by atoms with Gasteiger partial charge in [0.1, 0.15) is 5.52 Å². The third-order valence-electron chi connectivity index (χ3n) is 2.49. The molecule has 0 amide bonds. The molecule has 2 heterocycles. The van der Waals surface area contributed by atoms with E-state index in [-0.39, 0.29) is 5.56 Å². The van der Waals surface area contributed by atoms with Gasteiger partial charge in [-0.15, -0.1) is 0 Å². The lowest BCUT2D eigenvalue weighted by Gasteiger charge is -1.90. The molecule has 0 spiro atoms. The minimum atomic E-state index is -0.0835. The van der Waals surface area contributed by atoms with Gasteiger partial charge < -0.3 is 9.97 Å². The molecule has 2 aromatic heterocycles. The van der Waals surface area contributed by atoms with Crippen molar-refractivity contribution in [3.05, 3.63) is 45.3 Å². The SMILES string of the molecule is O=c1[nH]ccc2c1[nH]c1cc(Br)ccc12. The Morgan fingerprint density at radius 3 is 2.87 bits per heavy atom. The number of benzene rings is 1. The van der Waals surface area contributed by atoms with Crippen molar-refractivity contribution in [2.24, 2.45) is 0 Å². The van der Waals surface area contributed by atoms with E-state index in [1.165, 1.54) is 0 Å². The smallest absolute Gasteiger partial charge is 0.272 e. The molecule has 0 unspecified atom stereocenters. The van der Waals surface area contributed by atoms with Crippen molar-refractivity contribution in [3.8, 4) is 0 Å². The topological polar surface area (TPSA) is 48.6 Å². The van der Waals surface area contributed by atoms with Crippen LogP contribution < -0.4 is 5.56 Å². The molecule has 1 aromatic carbocycles. The molecule has 0 aliphatic heterocycles. The lowest BCUT2D eigenvalue weighted by molar-refractivity contribution is 1.26. The summed E-state index contributed by atoms with van der Waals surface area (Å²) in [6.07, 6.45) is 1.67. The number of H-pyrrole nitrogens is 2. The summed E-state index contributed by atoms with van der Waals surface area (Å²) < 4.78 is 0.998. The number of nitrogens with one attached hydrogen (secondary N) is 2. The first-order valence-electron chi connectivity index (χ1n) is 4.54. The van der Waals surface area contributed by atoms with Crippen LogP contribution in [0, 0.1) is 0 Å². The molecule has 74 valence electrons. The zero-order valence-corrected chi connectivity index (χ0v) is 9.26. The molecular weight excluding hydrogens is 256 g/mol. The molecule has 3 rings (SSSR count). The first-order valence-corrected chi connectivity index (χ1v) is 5.33. The number of rotatable bonds is 0. The quantitative estimate of drug-likeness (QED) is 0.643. The highest BCUT2D eigenvalue weighted by Gasteiger charge is 2.06. The molecule has 0 fully saturated rings. The summed E-state index contributed by atoms with van der Waals surface area (Å²) in [5.74, 6) is 0. The molecule has 0 bridgehead atoms. The number of pyridine rings is 1. The fraction of sp³-hybridized carbons (Fsp3) is 0. The Balaban J connectivity index is 2.63. The van der Waals surface area contributed by atoms with Crippen molar-refractivity contribution in [2.45, 2.75) is 0 Å². The minimum Gasteiger partial charge on any atom is -0.350 e. The normalized spacial score (nSPS) is 11.3. The molecule has 0 atom stereocenters. The average molecular weight is 263 g/mol. The highest BCUT2D eigenvalue weighted by atomic mass is 79.9. The van der Waals surface area contributed by atoms with Crippen LogP contribution in [0.15, 0.2) is 39.7 Å². The van der Waals surface area contributed by atoms with Crippen molar-refractivity contribution in [3.63, 3.8) is 0 Å². The fourth-order valence-electron chi connectivity index (χ4n) is 1.82. The predicted octanol–water partition coefficient (Wildman–Crippen LogP) is 2.77. The largest absolute Gasteiger partial charge is 0.350 e. The highest BCUT2D eigenvalue weighted by Crippen LogP contribution is 2.25. The predicted molar refractivity (Wildman–Crippen MR) is 64.1 cm³/mol. The molecule has 3 nitrogen and oxygen atoms in total. The summed E-state index contributed by atoms with van der Waals surface area (Å²) in [5, 5.41) is 2.03. The van der Waals surface area contributed by atoms with E-state index in [9.17, 15) is 4.79 Å². The average Bonchev–Trinajstić information content (AvgIpc) is 2.57. The zero-order valence-electron chi connectivity index (χ0n) is 7.67. The summed E-state index contributed by atoms with van der Waals surface area (Å²) in [5.41, 5.74) is 1.52. The van der Waals surface area contributed by atoms with Gasteiger partial charge in [0, 0.05) is 27.0 Å². The van der Waals surface area contributed by atoms with Gasteiger partial charge in [-0.3, -0.25) is 4.79 Å². The Morgan fingerprint density at radius 1 is 1.13 bits per heavy atom. The van der Waals surface area contributed by atoms with Crippen LogP contribution in [-0.2, 0) is 0 Å². The lowest BCUT2D eigenvalue weighted by atomic mass is 10.2. The Hall–Kier alpha value is -1.55. The lowest BCUT2D eigenvalue weighted by Crippen LogP contribution is -2.03. The van der Waals surface area contributed by atoms with Crippen LogP contribution in [0.5, 0.6) is 0 Å². The van der Waals surface area contributed by atoms with E-state index in [2.05, 4.69) is 25.9 Å². The molecule has 0 radical (unpaired) electrons. The number of fused-ring (bicyclic) bond motifs is 3. The monoisotopic (exact) mass is 262 g/mol. The van der Waals surface area contributed by atoms with Gasteiger partial charge in [-0.05, 0) is 18.2 Å². The maximum atomic E-state index is 11.5. The number of aromatic nitrogens is 2. The molecule has 4 heteroatoms. The third kappa shape index (κ3) is 1.22. The van der Waals surface area contributed by atoms with Gasteiger partial charge in [0.25, 0.3) is 5.56 Å². The molecule has 0 aliphatic carbocycles. The van der Waals surface area contributed by atoms with Gasteiger partial charge in [0.05, 0.1) is 0 Å². The minimum absolute atomic E-state index is 0.0835. The Kier molecular flexibility index (Phi) is 1.73. The number of halogens is 1. The molecule has 0 saturated heterocycles. The van der Waals surface area contributed by atoms with E-state index >= 15 is 0 Å². The summed E-state index contributed by atoms with van der Waals surface area (Å²) in [6, 6.07) is 7.84. The second kappa shape index (κ2) is 2.97. The third-order valence-corrected chi connectivity index (χ3v) is 2.99. The first-order chi connectivity index (χ1) is 7.25. The number of hydrogen-bond donors (Lipinski definition) is 2. The van der Waals surface area contributed by atoms with Gasteiger partial charge in [0.15, 0.2) is 0 Å². The fourth-order valence-corrected chi connectivity index (χ4v) is 2.18. The summed E-state index contributed by atoms with van der Waals surface area (Å²) in [6.45, 7) is 0. The van der Waals surface area contributed by atoms with E-state index in [1.807, 2.05) is 24.3 Å². The van der Waals surface area contributed by atoms with Crippen molar-refractivity contribution in [2.75, 3.05) is 0 Å². The molecule has 15 heavy (non-hydrogen) atoms. The van der Waals surface area contributed by atoms with Crippen molar-refractivity contribution >= 4 is 37.7 Å². The van der Waals surface area contributed by atoms with E-state index in [0.29, 0.717) is 5.52 Å². The molecule has 3 aromatic rings. The summed E-state index contributed by atoms with van der Waals surface area (Å²) >= 11 is 3.40. The standard InChI is InChI=1S/C11H7BrN2O/c12-6-1-2-7-8-3-4-13-11(15)10(8)14-9(7)5-6/h1-5,14H,(H,13,15). The molecular formula is C11H7BrN2O. The van der Waals surface area contributed by atoms with Crippen LogP contribution in [-0.4, -0.2) is 9.97 Å². The maximum Gasteiger partial charge on any atom is 0.272 e. The first kappa shape index (κ1) is 8.73. The van der Waals surface area contributed by atoms with Crippen LogP contribution in [0.2, 0.25) is 0 Å². The van der Waals surface area contributed by atoms with Crippen molar-refractivity contribution in [1.29, 1.82) is 0 Å². The van der Waals surface area contributed by atoms with Crippen molar-refractivity contribution < 1.29 is 0 Å². The summed E-state index contributed by atoms with van der Waals surface area (Å²) in [7, 11) is 0. The second-order valence-electron chi connectivity index (χ2n) is 3.41. The van der Waals surface area contributed by atoms with Gasteiger partial charge in [-0.1, -0.05) is 22.0 Å². The number of aromatic amines is 2. The Labute approximate surface area is 93.3 Å². The van der Waals surface area contributed by atoms with Crippen LogP contribution in [0.25, 0.3) is 21.8 Å². The zero-order chi connectivity index (χ0) is 10.4.